The average molecular weight is 288 g/mol. The summed E-state index contributed by atoms with van der Waals surface area (Å²) in [5.74, 6) is -1.02. The molecule has 1 atom stereocenters. The molecule has 6 nitrogen and oxygen atoms in total. The molecule has 0 fully saturated rings. The van der Waals surface area contributed by atoms with Crippen LogP contribution in [0.25, 0.3) is 0 Å². The number of aryl methyl sites for hydroxylation is 2. The van der Waals surface area contributed by atoms with E-state index in [2.05, 4.69) is 22.4 Å². The number of carboxylic acid groups (broad SMARTS) is 1. The Hall–Kier alpha value is -2.21. The highest BCUT2D eigenvalue weighted by atomic mass is 16.4. The summed E-state index contributed by atoms with van der Waals surface area (Å²) in [4.78, 5) is 10.7. The lowest BCUT2D eigenvalue weighted by Gasteiger charge is -2.02. The molecule has 1 heterocycles. The van der Waals surface area contributed by atoms with Crippen molar-refractivity contribution in [3.05, 3.63) is 47.8 Å². The fourth-order valence-corrected chi connectivity index (χ4v) is 2.10. The molecule has 112 valence electrons. The van der Waals surface area contributed by atoms with Gasteiger partial charge in [-0.1, -0.05) is 35.5 Å². The second-order valence-electron chi connectivity index (χ2n) is 5.06. The van der Waals surface area contributed by atoms with Gasteiger partial charge in [0.2, 0.25) is 0 Å². The molecule has 3 N–H and O–H groups in total. The normalized spacial score (nSPS) is 12.2. The predicted molar refractivity (Wildman–Crippen MR) is 78.7 cm³/mol. The molecule has 0 aliphatic rings. The van der Waals surface area contributed by atoms with Crippen molar-refractivity contribution in [2.75, 3.05) is 0 Å². The van der Waals surface area contributed by atoms with E-state index in [0.29, 0.717) is 5.69 Å². The molecule has 1 unspecified atom stereocenters. The summed E-state index contributed by atoms with van der Waals surface area (Å²) < 4.78 is 1.74. The Morgan fingerprint density at radius 1 is 1.29 bits per heavy atom. The fraction of sp³-hybridized carbons (Fsp3) is 0.400. The van der Waals surface area contributed by atoms with Crippen molar-refractivity contribution in [1.29, 1.82) is 0 Å². The number of nitrogens with zero attached hydrogens (tertiary/aromatic N) is 3. The highest BCUT2D eigenvalue weighted by molar-refractivity contribution is 5.73. The van der Waals surface area contributed by atoms with Crippen molar-refractivity contribution in [3.63, 3.8) is 0 Å². The Balaban J connectivity index is 1.72. The van der Waals surface area contributed by atoms with Crippen LogP contribution in [0.1, 0.15) is 24.1 Å². The van der Waals surface area contributed by atoms with E-state index in [9.17, 15) is 4.79 Å². The summed E-state index contributed by atoms with van der Waals surface area (Å²) in [6.07, 6.45) is 5.10. The third kappa shape index (κ3) is 5.00. The average Bonchev–Trinajstić information content (AvgIpc) is 2.92. The van der Waals surface area contributed by atoms with E-state index >= 15 is 0 Å². The number of unbranched alkanes of at least 4 members (excludes halogenated alkanes) is 1. The first-order valence-corrected chi connectivity index (χ1v) is 7.06. The fourth-order valence-electron chi connectivity index (χ4n) is 2.10. The van der Waals surface area contributed by atoms with Crippen LogP contribution in [0.3, 0.4) is 0 Å². The van der Waals surface area contributed by atoms with Gasteiger partial charge in [-0.3, -0.25) is 9.48 Å². The lowest BCUT2D eigenvalue weighted by molar-refractivity contribution is -0.138. The minimum Gasteiger partial charge on any atom is -0.480 e. The molecule has 0 spiro atoms. The molecule has 1 aromatic heterocycles. The molecule has 0 amide bonds. The second-order valence-corrected chi connectivity index (χ2v) is 5.06. The standard InChI is InChI=1S/C15H20N4O2/c16-14(15(20)21)10-13-11-19(18-17-13)9-5-4-8-12-6-2-1-3-7-12/h1-3,6-7,11,14H,4-5,8-10,16H2,(H,20,21). The van der Waals surface area contributed by atoms with Crippen LogP contribution in [0.2, 0.25) is 0 Å². The number of carboxylic acids is 1. The van der Waals surface area contributed by atoms with Crippen LogP contribution in [0.4, 0.5) is 0 Å². The van der Waals surface area contributed by atoms with Gasteiger partial charge in [0.25, 0.3) is 0 Å². The van der Waals surface area contributed by atoms with Gasteiger partial charge in [-0.25, -0.2) is 0 Å². The van der Waals surface area contributed by atoms with Gasteiger partial charge in [-0.05, 0) is 24.8 Å². The number of benzene rings is 1. The third-order valence-electron chi connectivity index (χ3n) is 3.28. The smallest absolute Gasteiger partial charge is 0.320 e. The Morgan fingerprint density at radius 3 is 2.76 bits per heavy atom. The molecule has 0 aliphatic carbocycles. The zero-order chi connectivity index (χ0) is 15.1. The van der Waals surface area contributed by atoms with E-state index in [-0.39, 0.29) is 6.42 Å². The largest absolute Gasteiger partial charge is 0.480 e. The molecule has 0 saturated heterocycles. The van der Waals surface area contributed by atoms with Crippen molar-refractivity contribution in [2.24, 2.45) is 5.73 Å². The van der Waals surface area contributed by atoms with Gasteiger partial charge in [0.05, 0.1) is 5.69 Å². The van der Waals surface area contributed by atoms with Crippen molar-refractivity contribution in [1.82, 2.24) is 15.0 Å². The first-order valence-electron chi connectivity index (χ1n) is 7.06. The summed E-state index contributed by atoms with van der Waals surface area (Å²) in [6.45, 7) is 0.780. The molecule has 0 bridgehead atoms. The first-order chi connectivity index (χ1) is 10.1. The number of hydrogen-bond acceptors (Lipinski definition) is 4. The van der Waals surface area contributed by atoms with E-state index in [1.165, 1.54) is 5.56 Å². The van der Waals surface area contributed by atoms with Crippen LogP contribution in [0, 0.1) is 0 Å². The third-order valence-corrected chi connectivity index (χ3v) is 3.28. The summed E-state index contributed by atoms with van der Waals surface area (Å²) >= 11 is 0. The molecule has 0 saturated carbocycles. The Labute approximate surface area is 123 Å². The number of rotatable bonds is 8. The Kier molecular flexibility index (Phi) is 5.45. The number of aliphatic carboxylic acids is 1. The molecule has 2 rings (SSSR count). The van der Waals surface area contributed by atoms with Gasteiger partial charge in [0.15, 0.2) is 0 Å². The maximum absolute atomic E-state index is 10.7. The topological polar surface area (TPSA) is 94.0 Å². The van der Waals surface area contributed by atoms with Crippen LogP contribution >= 0.6 is 0 Å². The summed E-state index contributed by atoms with van der Waals surface area (Å²) in [5.41, 5.74) is 7.42. The molecule has 2 aromatic rings. The van der Waals surface area contributed by atoms with E-state index < -0.39 is 12.0 Å². The quantitative estimate of drug-likeness (QED) is 0.713. The zero-order valence-corrected chi connectivity index (χ0v) is 11.9. The SMILES string of the molecule is NC(Cc1cn(CCCCc2ccccc2)nn1)C(=O)O. The Morgan fingerprint density at radius 2 is 2.05 bits per heavy atom. The monoisotopic (exact) mass is 288 g/mol. The molecular formula is C15H20N4O2. The molecular weight excluding hydrogens is 268 g/mol. The summed E-state index contributed by atoms with van der Waals surface area (Å²) in [5, 5.41) is 16.7. The van der Waals surface area contributed by atoms with Gasteiger partial charge < -0.3 is 10.8 Å². The maximum atomic E-state index is 10.7. The van der Waals surface area contributed by atoms with Crippen molar-refractivity contribution in [2.45, 2.75) is 38.3 Å². The van der Waals surface area contributed by atoms with E-state index in [1.54, 1.807) is 10.9 Å². The minimum absolute atomic E-state index is 0.208. The summed E-state index contributed by atoms with van der Waals surface area (Å²) in [7, 11) is 0. The van der Waals surface area contributed by atoms with Crippen molar-refractivity contribution < 1.29 is 9.90 Å². The van der Waals surface area contributed by atoms with E-state index in [0.717, 1.165) is 25.8 Å². The van der Waals surface area contributed by atoms with Gasteiger partial charge in [-0.15, -0.1) is 5.10 Å². The van der Waals surface area contributed by atoms with Crippen LogP contribution in [0.5, 0.6) is 0 Å². The van der Waals surface area contributed by atoms with Gasteiger partial charge in [0.1, 0.15) is 6.04 Å². The molecule has 1 aromatic carbocycles. The van der Waals surface area contributed by atoms with Crippen LogP contribution < -0.4 is 5.73 Å². The lowest BCUT2D eigenvalue weighted by Crippen LogP contribution is -2.32. The Bertz CT molecular complexity index is 568. The number of carbonyl (C=O) groups is 1. The molecule has 0 radical (unpaired) electrons. The highest BCUT2D eigenvalue weighted by Gasteiger charge is 2.14. The van der Waals surface area contributed by atoms with Crippen molar-refractivity contribution in [3.8, 4) is 0 Å². The minimum atomic E-state index is -1.02. The van der Waals surface area contributed by atoms with Gasteiger partial charge in [-0.2, -0.15) is 0 Å². The van der Waals surface area contributed by atoms with Crippen LogP contribution in [-0.4, -0.2) is 32.1 Å². The summed E-state index contributed by atoms with van der Waals surface area (Å²) in [6, 6.07) is 9.44. The van der Waals surface area contributed by atoms with E-state index in [4.69, 9.17) is 10.8 Å². The van der Waals surface area contributed by atoms with Gasteiger partial charge >= 0.3 is 5.97 Å². The lowest BCUT2D eigenvalue weighted by atomic mass is 10.1. The first kappa shape index (κ1) is 15.2. The number of aromatic nitrogens is 3. The molecule has 21 heavy (non-hydrogen) atoms. The predicted octanol–water partition coefficient (Wildman–Crippen LogP) is 1.26. The number of hydrogen-bond donors (Lipinski definition) is 2. The van der Waals surface area contributed by atoms with E-state index in [1.807, 2.05) is 18.2 Å². The highest BCUT2D eigenvalue weighted by Crippen LogP contribution is 2.06. The van der Waals surface area contributed by atoms with Gasteiger partial charge in [0, 0.05) is 19.2 Å². The van der Waals surface area contributed by atoms with Crippen LogP contribution in [-0.2, 0) is 24.2 Å². The molecule has 0 aliphatic heterocycles. The second kappa shape index (κ2) is 7.54. The zero-order valence-electron chi connectivity index (χ0n) is 11.9. The van der Waals surface area contributed by atoms with Crippen LogP contribution in [0.15, 0.2) is 36.5 Å². The maximum Gasteiger partial charge on any atom is 0.320 e. The van der Waals surface area contributed by atoms with Crippen molar-refractivity contribution >= 4 is 5.97 Å². The number of nitrogens with two attached hydrogens (primary N) is 1. The molecule has 6 heteroatoms.